The number of halogens is 4. The molecule has 0 radical (unpaired) electrons. The summed E-state index contributed by atoms with van der Waals surface area (Å²) < 4.78 is 6.59. The Bertz CT molecular complexity index is 1090. The molecule has 9 heteroatoms. The topological polar surface area (TPSA) is 50.7 Å². The molecule has 0 spiro atoms. The zero-order chi connectivity index (χ0) is 22.2. The first-order chi connectivity index (χ1) is 14.9. The highest BCUT2D eigenvalue weighted by atomic mass is 79.9. The van der Waals surface area contributed by atoms with Crippen LogP contribution in [0.25, 0.3) is 0 Å². The van der Waals surface area contributed by atoms with E-state index in [-0.39, 0.29) is 11.7 Å². The number of amides is 1. The van der Waals surface area contributed by atoms with Crippen LogP contribution in [-0.2, 0) is 11.4 Å². The van der Waals surface area contributed by atoms with Crippen molar-refractivity contribution in [3.63, 3.8) is 0 Å². The summed E-state index contributed by atoms with van der Waals surface area (Å²) in [6.07, 6.45) is 1.57. The van der Waals surface area contributed by atoms with Gasteiger partial charge in [-0.05, 0) is 81.7 Å². The quantitative estimate of drug-likeness (QED) is 0.180. The Hall–Kier alpha value is -1.70. The Morgan fingerprint density at radius 3 is 2.52 bits per heavy atom. The number of hydrogen-bond acceptors (Lipinski definition) is 4. The second-order valence-corrected chi connectivity index (χ2v) is 9.42. The number of hydrazone groups is 1. The van der Waals surface area contributed by atoms with Crippen molar-refractivity contribution in [3.05, 3.63) is 91.3 Å². The van der Waals surface area contributed by atoms with Gasteiger partial charge in [0.25, 0.3) is 0 Å². The Kier molecular flexibility index (Phi) is 9.11. The van der Waals surface area contributed by atoms with Crippen molar-refractivity contribution in [2.24, 2.45) is 5.10 Å². The Balaban J connectivity index is 1.48. The molecule has 0 saturated heterocycles. The van der Waals surface area contributed by atoms with E-state index in [0.29, 0.717) is 27.4 Å². The molecule has 0 fully saturated rings. The summed E-state index contributed by atoms with van der Waals surface area (Å²) in [6.45, 7) is 0.351. The van der Waals surface area contributed by atoms with Crippen molar-refractivity contribution in [1.82, 2.24) is 5.43 Å². The zero-order valence-corrected chi connectivity index (χ0v) is 20.6. The molecule has 3 rings (SSSR count). The van der Waals surface area contributed by atoms with E-state index < -0.39 is 0 Å². The molecule has 1 amide bonds. The number of rotatable bonds is 8. The molecular formula is C22H16BrCl3N2O2S. The number of thioether (sulfide) groups is 1. The minimum atomic E-state index is -0.197. The van der Waals surface area contributed by atoms with Crippen LogP contribution in [0, 0.1) is 0 Å². The maximum absolute atomic E-state index is 11.9. The molecule has 0 atom stereocenters. The zero-order valence-electron chi connectivity index (χ0n) is 15.9. The molecule has 160 valence electrons. The van der Waals surface area contributed by atoms with Gasteiger partial charge in [-0.1, -0.05) is 40.9 Å². The smallest absolute Gasteiger partial charge is 0.250 e. The van der Waals surface area contributed by atoms with Gasteiger partial charge >= 0.3 is 0 Å². The molecule has 0 aliphatic carbocycles. The highest BCUT2D eigenvalue weighted by Gasteiger charge is 2.05. The number of ether oxygens (including phenoxy) is 1. The molecule has 31 heavy (non-hydrogen) atoms. The summed E-state index contributed by atoms with van der Waals surface area (Å²) >= 11 is 22.7. The van der Waals surface area contributed by atoms with Crippen molar-refractivity contribution >= 4 is 74.6 Å². The number of nitrogens with one attached hydrogen (secondary N) is 1. The molecule has 3 aromatic carbocycles. The van der Waals surface area contributed by atoms with Gasteiger partial charge in [-0.3, -0.25) is 4.79 Å². The standard InChI is InChI=1S/C22H16BrCl3N2O2S/c23-18-9-14(2-8-21(18)30-12-15-1-7-19(25)20(26)10-15)11-27-28-22(29)13-31-17-5-3-16(24)4-6-17/h1-11H,12-13H2,(H,28,29)/b27-11-. The molecule has 0 aliphatic rings. The van der Waals surface area contributed by atoms with Crippen molar-refractivity contribution in [1.29, 1.82) is 0 Å². The molecule has 4 nitrogen and oxygen atoms in total. The number of benzene rings is 3. The van der Waals surface area contributed by atoms with Gasteiger partial charge in [0.1, 0.15) is 12.4 Å². The van der Waals surface area contributed by atoms with E-state index in [2.05, 4.69) is 26.5 Å². The van der Waals surface area contributed by atoms with Gasteiger partial charge in [0.2, 0.25) is 5.91 Å². The van der Waals surface area contributed by atoms with Crippen LogP contribution in [0.2, 0.25) is 15.1 Å². The molecular weight excluding hydrogens is 543 g/mol. The summed E-state index contributed by atoms with van der Waals surface area (Å²) in [5.41, 5.74) is 4.23. The largest absolute Gasteiger partial charge is 0.488 e. The van der Waals surface area contributed by atoms with Gasteiger partial charge in [-0.15, -0.1) is 11.8 Å². The molecule has 0 saturated carbocycles. The lowest BCUT2D eigenvalue weighted by molar-refractivity contribution is -0.118. The van der Waals surface area contributed by atoms with Gasteiger partial charge in [-0.2, -0.15) is 5.10 Å². The molecule has 0 aliphatic heterocycles. The van der Waals surface area contributed by atoms with Gasteiger partial charge in [0, 0.05) is 9.92 Å². The first-order valence-electron chi connectivity index (χ1n) is 8.97. The molecule has 0 unspecified atom stereocenters. The summed E-state index contributed by atoms with van der Waals surface area (Å²) in [7, 11) is 0. The van der Waals surface area contributed by atoms with Gasteiger partial charge in [-0.25, -0.2) is 5.43 Å². The van der Waals surface area contributed by atoms with E-state index in [4.69, 9.17) is 39.5 Å². The van der Waals surface area contributed by atoms with Crippen LogP contribution in [-0.4, -0.2) is 17.9 Å². The summed E-state index contributed by atoms with van der Waals surface area (Å²) in [4.78, 5) is 12.9. The molecule has 3 aromatic rings. The minimum absolute atomic E-state index is 0.197. The second kappa shape index (κ2) is 11.8. The van der Waals surface area contributed by atoms with E-state index in [1.165, 1.54) is 11.8 Å². The van der Waals surface area contributed by atoms with E-state index in [0.717, 1.165) is 20.5 Å². The lowest BCUT2D eigenvalue weighted by Gasteiger charge is -2.09. The third-order valence-electron chi connectivity index (χ3n) is 3.92. The van der Waals surface area contributed by atoms with E-state index >= 15 is 0 Å². The average molecular weight is 559 g/mol. The fourth-order valence-electron chi connectivity index (χ4n) is 2.40. The van der Waals surface area contributed by atoms with Crippen LogP contribution in [0.4, 0.5) is 0 Å². The highest BCUT2D eigenvalue weighted by Crippen LogP contribution is 2.28. The van der Waals surface area contributed by atoms with Crippen LogP contribution in [0.1, 0.15) is 11.1 Å². The highest BCUT2D eigenvalue weighted by molar-refractivity contribution is 9.10. The summed E-state index contributed by atoms with van der Waals surface area (Å²) in [6, 6.07) is 18.2. The van der Waals surface area contributed by atoms with Crippen LogP contribution in [0.15, 0.2) is 75.1 Å². The van der Waals surface area contributed by atoms with E-state index in [1.807, 2.05) is 36.4 Å². The fourth-order valence-corrected chi connectivity index (χ4v) is 4.04. The van der Waals surface area contributed by atoms with Crippen molar-refractivity contribution in [2.45, 2.75) is 11.5 Å². The lowest BCUT2D eigenvalue weighted by atomic mass is 10.2. The number of carbonyl (C=O) groups is 1. The first-order valence-corrected chi connectivity index (χ1v) is 11.9. The third kappa shape index (κ3) is 7.74. The molecule has 0 heterocycles. The summed E-state index contributed by atoms with van der Waals surface area (Å²) in [5.74, 6) is 0.730. The van der Waals surface area contributed by atoms with Gasteiger partial charge in [0.15, 0.2) is 0 Å². The lowest BCUT2D eigenvalue weighted by Crippen LogP contribution is -2.19. The fraction of sp³-hybridized carbons (Fsp3) is 0.0909. The molecule has 1 N–H and O–H groups in total. The van der Waals surface area contributed by atoms with Crippen molar-refractivity contribution in [3.8, 4) is 5.75 Å². The van der Waals surface area contributed by atoms with Crippen molar-refractivity contribution in [2.75, 3.05) is 5.75 Å². The van der Waals surface area contributed by atoms with Crippen LogP contribution >= 0.6 is 62.5 Å². The van der Waals surface area contributed by atoms with Crippen LogP contribution in [0.5, 0.6) is 5.75 Å². The Morgan fingerprint density at radius 2 is 1.81 bits per heavy atom. The SMILES string of the molecule is O=C(CSc1ccc(Cl)cc1)N/N=C\c1ccc(OCc2ccc(Cl)c(Cl)c2)c(Br)c1. The van der Waals surface area contributed by atoms with Gasteiger partial charge < -0.3 is 4.74 Å². The molecule has 0 bridgehead atoms. The van der Waals surface area contributed by atoms with E-state index in [9.17, 15) is 4.79 Å². The predicted octanol–water partition coefficient (Wildman–Crippen LogP) is 7.23. The second-order valence-electron chi connectivity index (χ2n) is 6.26. The maximum Gasteiger partial charge on any atom is 0.250 e. The number of hydrogen-bond donors (Lipinski definition) is 1. The molecule has 0 aromatic heterocycles. The van der Waals surface area contributed by atoms with Gasteiger partial charge in [0.05, 0.1) is 26.5 Å². The van der Waals surface area contributed by atoms with Crippen molar-refractivity contribution < 1.29 is 9.53 Å². The summed E-state index contributed by atoms with van der Waals surface area (Å²) in [5, 5.41) is 5.66. The number of carbonyl (C=O) groups excluding carboxylic acids is 1. The Morgan fingerprint density at radius 1 is 1.03 bits per heavy atom. The number of nitrogens with zero attached hydrogens (tertiary/aromatic N) is 1. The third-order valence-corrected chi connectivity index (χ3v) is 6.54. The first kappa shape index (κ1) is 24.0. The monoisotopic (exact) mass is 556 g/mol. The predicted molar refractivity (Wildman–Crippen MR) is 133 cm³/mol. The maximum atomic E-state index is 11.9. The van der Waals surface area contributed by atoms with E-state index in [1.54, 1.807) is 30.5 Å². The van der Waals surface area contributed by atoms with Crippen LogP contribution < -0.4 is 10.2 Å². The Labute approximate surface area is 208 Å². The normalized spacial score (nSPS) is 11.0. The average Bonchev–Trinajstić information content (AvgIpc) is 2.75. The minimum Gasteiger partial charge on any atom is -0.488 e. The van der Waals surface area contributed by atoms with Crippen LogP contribution in [0.3, 0.4) is 0 Å².